The summed E-state index contributed by atoms with van der Waals surface area (Å²) in [6.45, 7) is 8.74. The van der Waals surface area contributed by atoms with Crippen molar-refractivity contribution in [1.29, 1.82) is 0 Å². The molecule has 1 heteroatoms. The third-order valence-electron chi connectivity index (χ3n) is 4.45. The zero-order valence-electron chi connectivity index (χ0n) is 12.0. The molecule has 0 aromatic heterocycles. The minimum absolute atomic E-state index is 0.532. The summed E-state index contributed by atoms with van der Waals surface area (Å²) in [7, 11) is 0. The quantitative estimate of drug-likeness (QED) is 0.684. The molecule has 2 aromatic carbocycles. The Balaban J connectivity index is 1.89. The summed E-state index contributed by atoms with van der Waals surface area (Å²) in [5.74, 6) is 0.532. The molecule has 0 fully saturated rings. The van der Waals surface area contributed by atoms with E-state index in [0.717, 1.165) is 12.8 Å². The van der Waals surface area contributed by atoms with Crippen molar-refractivity contribution in [2.24, 2.45) is 5.92 Å². The fourth-order valence-corrected chi connectivity index (χ4v) is 3.52. The summed E-state index contributed by atoms with van der Waals surface area (Å²) in [5.41, 5.74) is 8.28. The molecular weight excluding hydrogens is 308 g/mol. The van der Waals surface area contributed by atoms with Crippen molar-refractivity contribution < 1.29 is 0 Å². The summed E-state index contributed by atoms with van der Waals surface area (Å²) in [5, 5.41) is 0. The second-order valence-corrected chi connectivity index (χ2v) is 6.67. The van der Waals surface area contributed by atoms with Crippen LogP contribution in [0.4, 0.5) is 0 Å². The fourth-order valence-electron chi connectivity index (χ4n) is 3.08. The lowest BCUT2D eigenvalue weighted by Crippen LogP contribution is -2.03. The van der Waals surface area contributed by atoms with Gasteiger partial charge in [0.2, 0.25) is 0 Å². The van der Waals surface area contributed by atoms with E-state index in [1.54, 1.807) is 0 Å². The zero-order valence-corrected chi connectivity index (χ0v) is 13.6. The van der Waals surface area contributed by atoms with E-state index in [2.05, 4.69) is 72.8 Å². The topological polar surface area (TPSA) is 0 Å². The number of hydrogen-bond donors (Lipinski definition) is 0. The highest BCUT2D eigenvalue weighted by Crippen LogP contribution is 2.39. The third-order valence-corrected chi connectivity index (χ3v) is 5.22. The fraction of sp³-hybridized carbons (Fsp3) is 0.263. The zero-order chi connectivity index (χ0) is 14.3. The summed E-state index contributed by atoms with van der Waals surface area (Å²) in [4.78, 5) is 0. The number of halogens is 1. The third kappa shape index (κ3) is 2.35. The molecule has 102 valence electrons. The Hall–Kier alpha value is -1.34. The van der Waals surface area contributed by atoms with Crippen LogP contribution in [0.25, 0.3) is 5.57 Å². The van der Waals surface area contributed by atoms with Crippen LogP contribution in [0, 0.1) is 19.8 Å². The highest BCUT2D eigenvalue weighted by atomic mass is 79.9. The first-order chi connectivity index (χ1) is 9.56. The van der Waals surface area contributed by atoms with Crippen molar-refractivity contribution in [3.05, 3.63) is 75.3 Å². The molecular formula is C19H19Br. The summed E-state index contributed by atoms with van der Waals surface area (Å²) in [6.07, 6.45) is 2.18. The van der Waals surface area contributed by atoms with Crippen molar-refractivity contribution in [2.75, 3.05) is 0 Å². The van der Waals surface area contributed by atoms with Gasteiger partial charge in [0.05, 0.1) is 0 Å². The van der Waals surface area contributed by atoms with Crippen LogP contribution in [-0.2, 0) is 12.8 Å². The maximum absolute atomic E-state index is 4.36. The molecule has 0 aliphatic heterocycles. The Morgan fingerprint density at radius 1 is 1.15 bits per heavy atom. The minimum Gasteiger partial charge on any atom is -0.0949 e. The molecule has 0 radical (unpaired) electrons. The predicted octanol–water partition coefficient (Wildman–Crippen LogP) is 5.49. The molecule has 0 bridgehead atoms. The van der Waals surface area contributed by atoms with Crippen molar-refractivity contribution in [1.82, 2.24) is 0 Å². The number of rotatable bonds is 2. The molecule has 0 saturated carbocycles. The van der Waals surface area contributed by atoms with Gasteiger partial charge in [0, 0.05) is 4.47 Å². The Kier molecular flexibility index (Phi) is 3.55. The maximum atomic E-state index is 4.36. The van der Waals surface area contributed by atoms with Gasteiger partial charge >= 0.3 is 0 Å². The van der Waals surface area contributed by atoms with E-state index in [9.17, 15) is 0 Å². The van der Waals surface area contributed by atoms with Gasteiger partial charge in [-0.2, -0.15) is 0 Å². The highest BCUT2D eigenvalue weighted by Gasteiger charge is 2.26. The van der Waals surface area contributed by atoms with Gasteiger partial charge in [-0.15, -0.1) is 0 Å². The van der Waals surface area contributed by atoms with E-state index in [-0.39, 0.29) is 0 Å². The van der Waals surface area contributed by atoms with E-state index in [4.69, 9.17) is 0 Å². The minimum atomic E-state index is 0.532. The lowest BCUT2D eigenvalue weighted by molar-refractivity contribution is 0.689. The smallest absolute Gasteiger partial charge is 0.0207 e. The standard InChI is InChI=1S/C19H19Br/c1-12-8-17-11-16(14(3)18(17)9-13(12)2)10-15-6-4-5-7-19(15)20/h4-9,16H,3,10-11H2,1-2H3. The van der Waals surface area contributed by atoms with Crippen molar-refractivity contribution in [2.45, 2.75) is 26.7 Å². The molecule has 1 unspecified atom stereocenters. The van der Waals surface area contributed by atoms with E-state index in [1.807, 2.05) is 0 Å². The number of allylic oxidation sites excluding steroid dienone is 1. The second-order valence-electron chi connectivity index (χ2n) is 5.82. The monoisotopic (exact) mass is 326 g/mol. The van der Waals surface area contributed by atoms with E-state index >= 15 is 0 Å². The molecule has 1 atom stereocenters. The first-order valence-electron chi connectivity index (χ1n) is 7.09. The van der Waals surface area contributed by atoms with Crippen LogP contribution in [0.3, 0.4) is 0 Å². The number of aryl methyl sites for hydroxylation is 2. The van der Waals surface area contributed by atoms with Crippen LogP contribution >= 0.6 is 15.9 Å². The normalized spacial score (nSPS) is 17.4. The lowest BCUT2D eigenvalue weighted by atomic mass is 9.93. The Bertz CT molecular complexity index is 682. The molecule has 3 rings (SSSR count). The van der Waals surface area contributed by atoms with Gasteiger partial charge in [0.15, 0.2) is 0 Å². The van der Waals surface area contributed by atoms with E-state index < -0.39 is 0 Å². The first-order valence-corrected chi connectivity index (χ1v) is 7.88. The Morgan fingerprint density at radius 2 is 1.85 bits per heavy atom. The molecule has 0 nitrogen and oxygen atoms in total. The summed E-state index contributed by atoms with van der Waals surface area (Å²) in [6, 6.07) is 13.2. The average molecular weight is 327 g/mol. The predicted molar refractivity (Wildman–Crippen MR) is 90.0 cm³/mol. The van der Waals surface area contributed by atoms with Gasteiger partial charge in [-0.25, -0.2) is 0 Å². The SMILES string of the molecule is C=C1c2cc(C)c(C)cc2CC1Cc1ccccc1Br. The number of fused-ring (bicyclic) bond motifs is 1. The Labute approximate surface area is 129 Å². The molecule has 0 saturated heterocycles. The molecule has 1 aliphatic rings. The molecule has 0 amide bonds. The van der Waals surface area contributed by atoms with Crippen molar-refractivity contribution >= 4 is 21.5 Å². The van der Waals surface area contributed by atoms with Crippen LogP contribution in [-0.4, -0.2) is 0 Å². The molecule has 0 N–H and O–H groups in total. The Morgan fingerprint density at radius 3 is 2.60 bits per heavy atom. The number of benzene rings is 2. The van der Waals surface area contributed by atoms with Gasteiger partial charge < -0.3 is 0 Å². The molecule has 0 spiro atoms. The maximum Gasteiger partial charge on any atom is 0.0207 e. The summed E-state index contributed by atoms with van der Waals surface area (Å²) < 4.78 is 1.20. The van der Waals surface area contributed by atoms with Gasteiger partial charge in [0.25, 0.3) is 0 Å². The van der Waals surface area contributed by atoms with Crippen LogP contribution < -0.4 is 0 Å². The van der Waals surface area contributed by atoms with Crippen LogP contribution in [0.1, 0.15) is 27.8 Å². The number of hydrogen-bond acceptors (Lipinski definition) is 0. The van der Waals surface area contributed by atoms with Gasteiger partial charge in [0.1, 0.15) is 0 Å². The first kappa shape index (κ1) is 13.6. The molecule has 20 heavy (non-hydrogen) atoms. The van der Waals surface area contributed by atoms with Crippen LogP contribution in [0.2, 0.25) is 0 Å². The lowest BCUT2D eigenvalue weighted by Gasteiger charge is -2.12. The average Bonchev–Trinajstić information content (AvgIpc) is 2.70. The molecule has 0 heterocycles. The van der Waals surface area contributed by atoms with Gasteiger partial charge in [-0.3, -0.25) is 0 Å². The molecule has 2 aromatic rings. The van der Waals surface area contributed by atoms with E-state index in [0.29, 0.717) is 5.92 Å². The van der Waals surface area contributed by atoms with E-state index in [1.165, 1.54) is 37.9 Å². The van der Waals surface area contributed by atoms with Gasteiger partial charge in [-0.05, 0) is 72.1 Å². The van der Waals surface area contributed by atoms with Crippen LogP contribution in [0.5, 0.6) is 0 Å². The second kappa shape index (κ2) is 5.21. The van der Waals surface area contributed by atoms with Gasteiger partial charge in [-0.1, -0.05) is 52.8 Å². The van der Waals surface area contributed by atoms with Crippen molar-refractivity contribution in [3.8, 4) is 0 Å². The van der Waals surface area contributed by atoms with Crippen molar-refractivity contribution in [3.63, 3.8) is 0 Å². The molecule has 1 aliphatic carbocycles. The highest BCUT2D eigenvalue weighted by molar-refractivity contribution is 9.10. The largest absolute Gasteiger partial charge is 0.0949 e. The summed E-state index contributed by atoms with van der Waals surface area (Å²) >= 11 is 3.65. The van der Waals surface area contributed by atoms with Crippen LogP contribution in [0.15, 0.2) is 47.4 Å².